The molecule has 1 aliphatic rings. The third-order valence-corrected chi connectivity index (χ3v) is 6.44. The van der Waals surface area contributed by atoms with Crippen LogP contribution in [-0.2, 0) is 10.0 Å². The largest absolute Gasteiger partial charge is 0.497 e. The molecule has 0 N–H and O–H groups in total. The predicted molar refractivity (Wildman–Crippen MR) is 102 cm³/mol. The number of carbonyl (C=O) groups is 1. The van der Waals surface area contributed by atoms with E-state index in [1.165, 1.54) is 16.4 Å². The normalized spacial score (nSPS) is 15.7. The maximum Gasteiger partial charge on any atom is 0.343 e. The van der Waals surface area contributed by atoms with Crippen LogP contribution in [0.5, 0.6) is 11.5 Å². The Morgan fingerprint density at radius 3 is 2.19 bits per heavy atom. The van der Waals surface area contributed by atoms with E-state index in [4.69, 9.17) is 9.47 Å². The fourth-order valence-corrected chi connectivity index (χ4v) is 4.59. The summed E-state index contributed by atoms with van der Waals surface area (Å²) in [6.45, 7) is 1.03. The second-order valence-corrected chi connectivity index (χ2v) is 8.35. The fourth-order valence-electron chi connectivity index (χ4n) is 3.02. The van der Waals surface area contributed by atoms with Crippen molar-refractivity contribution in [1.82, 2.24) is 4.31 Å². The van der Waals surface area contributed by atoms with Gasteiger partial charge in [-0.05, 0) is 55.3 Å². The van der Waals surface area contributed by atoms with Crippen LogP contribution in [0, 0.1) is 0 Å². The van der Waals surface area contributed by atoms with E-state index in [-0.39, 0.29) is 10.5 Å². The van der Waals surface area contributed by atoms with Crippen LogP contribution >= 0.6 is 0 Å². The number of hydrogen-bond acceptors (Lipinski definition) is 5. The third kappa shape index (κ3) is 4.67. The molecule has 0 bridgehead atoms. The molecule has 6 nitrogen and oxygen atoms in total. The Kier molecular flexibility index (Phi) is 6.13. The van der Waals surface area contributed by atoms with Gasteiger partial charge in [-0.1, -0.05) is 18.9 Å². The second kappa shape index (κ2) is 8.54. The van der Waals surface area contributed by atoms with Gasteiger partial charge in [-0.2, -0.15) is 4.31 Å². The van der Waals surface area contributed by atoms with Crippen LogP contribution in [-0.4, -0.2) is 38.9 Å². The number of rotatable bonds is 5. The number of methoxy groups -OCH3 is 1. The van der Waals surface area contributed by atoms with Crippen molar-refractivity contribution in [3.63, 3.8) is 0 Å². The van der Waals surface area contributed by atoms with Gasteiger partial charge in [-0.15, -0.1) is 0 Å². The molecule has 1 aliphatic heterocycles. The first-order chi connectivity index (χ1) is 13.0. The first-order valence-corrected chi connectivity index (χ1v) is 10.4. The molecule has 0 aromatic heterocycles. The summed E-state index contributed by atoms with van der Waals surface area (Å²) in [5.74, 6) is 0.412. The van der Waals surface area contributed by atoms with E-state index in [2.05, 4.69) is 0 Å². The van der Waals surface area contributed by atoms with E-state index in [9.17, 15) is 13.2 Å². The Morgan fingerprint density at radius 2 is 1.56 bits per heavy atom. The molecule has 0 saturated carbocycles. The SMILES string of the molecule is COc1ccc(OC(=O)c2cccc(S(=O)(=O)N3CCCCCC3)c2)cc1. The zero-order valence-corrected chi connectivity index (χ0v) is 16.1. The quantitative estimate of drug-likeness (QED) is 0.578. The molecule has 0 amide bonds. The summed E-state index contributed by atoms with van der Waals surface area (Å²) in [7, 11) is -2.06. The van der Waals surface area contributed by atoms with Crippen LogP contribution in [0.25, 0.3) is 0 Å². The molecule has 27 heavy (non-hydrogen) atoms. The van der Waals surface area contributed by atoms with Crippen LogP contribution in [0.1, 0.15) is 36.0 Å². The summed E-state index contributed by atoms with van der Waals surface area (Å²) in [4.78, 5) is 12.5. The number of benzene rings is 2. The Bertz CT molecular complexity index is 885. The molecular formula is C20H23NO5S. The predicted octanol–water partition coefficient (Wildman–Crippen LogP) is 3.48. The van der Waals surface area contributed by atoms with E-state index >= 15 is 0 Å². The summed E-state index contributed by atoms with van der Waals surface area (Å²) < 4.78 is 37.7. The van der Waals surface area contributed by atoms with E-state index in [1.54, 1.807) is 43.5 Å². The van der Waals surface area contributed by atoms with Crippen LogP contribution in [0.15, 0.2) is 53.4 Å². The van der Waals surface area contributed by atoms with E-state index in [0.717, 1.165) is 25.7 Å². The Morgan fingerprint density at radius 1 is 0.926 bits per heavy atom. The van der Waals surface area contributed by atoms with E-state index < -0.39 is 16.0 Å². The van der Waals surface area contributed by atoms with Crippen LogP contribution < -0.4 is 9.47 Å². The van der Waals surface area contributed by atoms with Crippen molar-refractivity contribution in [2.24, 2.45) is 0 Å². The molecule has 7 heteroatoms. The summed E-state index contributed by atoms with van der Waals surface area (Å²) in [6, 6.07) is 12.6. The molecule has 1 fully saturated rings. The minimum atomic E-state index is -3.61. The molecule has 1 heterocycles. The fraction of sp³-hybridized carbons (Fsp3) is 0.350. The van der Waals surface area contributed by atoms with Crippen LogP contribution in [0.3, 0.4) is 0 Å². The Hall–Kier alpha value is -2.38. The standard InChI is InChI=1S/C20H23NO5S/c1-25-17-9-11-18(12-10-17)26-20(22)16-7-6-8-19(15-16)27(23,24)21-13-4-2-3-5-14-21/h6-12,15H,2-5,13-14H2,1H3. The molecule has 2 aromatic carbocycles. The molecule has 0 radical (unpaired) electrons. The van der Waals surface area contributed by atoms with Gasteiger partial charge in [0.1, 0.15) is 11.5 Å². The molecule has 2 aromatic rings. The highest BCUT2D eigenvalue weighted by Crippen LogP contribution is 2.22. The van der Waals surface area contributed by atoms with Crippen molar-refractivity contribution >= 4 is 16.0 Å². The summed E-state index contributed by atoms with van der Waals surface area (Å²) >= 11 is 0. The van der Waals surface area contributed by atoms with Gasteiger partial charge in [0.25, 0.3) is 0 Å². The van der Waals surface area contributed by atoms with Gasteiger partial charge in [0.15, 0.2) is 0 Å². The zero-order valence-electron chi connectivity index (χ0n) is 15.3. The number of sulfonamides is 1. The van der Waals surface area contributed by atoms with Crippen molar-refractivity contribution in [2.45, 2.75) is 30.6 Å². The first-order valence-electron chi connectivity index (χ1n) is 8.97. The average Bonchev–Trinajstić information content (AvgIpc) is 2.99. The van der Waals surface area contributed by atoms with Crippen molar-refractivity contribution < 1.29 is 22.7 Å². The number of hydrogen-bond donors (Lipinski definition) is 0. The maximum atomic E-state index is 12.9. The van der Waals surface area contributed by atoms with Gasteiger partial charge < -0.3 is 9.47 Å². The van der Waals surface area contributed by atoms with Crippen molar-refractivity contribution in [2.75, 3.05) is 20.2 Å². The maximum absolute atomic E-state index is 12.9. The molecule has 0 aliphatic carbocycles. The summed E-state index contributed by atoms with van der Waals surface area (Å²) in [6.07, 6.45) is 3.80. The van der Waals surface area contributed by atoms with Crippen molar-refractivity contribution in [1.29, 1.82) is 0 Å². The first kappa shape index (κ1) is 19.4. The molecule has 0 atom stereocenters. The lowest BCUT2D eigenvalue weighted by molar-refractivity contribution is 0.0734. The number of esters is 1. The molecule has 144 valence electrons. The lowest BCUT2D eigenvalue weighted by Gasteiger charge is -2.20. The van der Waals surface area contributed by atoms with Gasteiger partial charge in [0.2, 0.25) is 10.0 Å². The summed E-state index contributed by atoms with van der Waals surface area (Å²) in [5, 5.41) is 0. The highest BCUT2D eigenvalue weighted by molar-refractivity contribution is 7.89. The Balaban J connectivity index is 1.78. The molecule has 0 spiro atoms. The van der Waals surface area contributed by atoms with E-state index in [1.807, 2.05) is 0 Å². The number of carbonyl (C=O) groups excluding carboxylic acids is 1. The van der Waals surface area contributed by atoms with Crippen molar-refractivity contribution in [3.05, 3.63) is 54.1 Å². The number of ether oxygens (including phenoxy) is 2. The van der Waals surface area contributed by atoms with Crippen molar-refractivity contribution in [3.8, 4) is 11.5 Å². The monoisotopic (exact) mass is 389 g/mol. The topological polar surface area (TPSA) is 72.9 Å². The highest BCUT2D eigenvalue weighted by Gasteiger charge is 2.26. The second-order valence-electron chi connectivity index (χ2n) is 6.41. The van der Waals surface area contributed by atoms with E-state index in [0.29, 0.717) is 24.6 Å². The third-order valence-electron chi connectivity index (χ3n) is 4.54. The van der Waals surface area contributed by atoms with Gasteiger partial charge in [-0.3, -0.25) is 0 Å². The minimum absolute atomic E-state index is 0.119. The van der Waals surface area contributed by atoms with Crippen LogP contribution in [0.4, 0.5) is 0 Å². The lowest BCUT2D eigenvalue weighted by atomic mass is 10.2. The zero-order chi connectivity index (χ0) is 19.3. The van der Waals surface area contributed by atoms with Gasteiger partial charge in [-0.25, -0.2) is 13.2 Å². The average molecular weight is 389 g/mol. The van der Waals surface area contributed by atoms with Gasteiger partial charge >= 0.3 is 5.97 Å². The minimum Gasteiger partial charge on any atom is -0.497 e. The highest BCUT2D eigenvalue weighted by atomic mass is 32.2. The molecule has 3 rings (SSSR count). The lowest BCUT2D eigenvalue weighted by Crippen LogP contribution is -2.32. The molecule has 1 saturated heterocycles. The molecule has 0 unspecified atom stereocenters. The van der Waals surface area contributed by atoms with Gasteiger partial charge in [0, 0.05) is 13.1 Å². The Labute approximate surface area is 159 Å². The number of nitrogens with zero attached hydrogens (tertiary/aromatic N) is 1. The van der Waals surface area contributed by atoms with Crippen LogP contribution in [0.2, 0.25) is 0 Å². The molecular weight excluding hydrogens is 366 g/mol. The smallest absolute Gasteiger partial charge is 0.343 e. The van der Waals surface area contributed by atoms with Gasteiger partial charge in [0.05, 0.1) is 17.6 Å². The summed E-state index contributed by atoms with van der Waals surface area (Å²) in [5.41, 5.74) is 0.196.